The number of benzene rings is 1. The number of aliphatic hydroxyl groups excluding tert-OH is 1. The predicted octanol–water partition coefficient (Wildman–Crippen LogP) is 3.68. The summed E-state index contributed by atoms with van der Waals surface area (Å²) in [5.74, 6) is 0.0429. The largest absolute Gasteiger partial charge is 1.00 e. The highest BCUT2D eigenvalue weighted by atomic mass is 79.9. The minimum Gasteiger partial charge on any atom is -1.00 e. The van der Waals surface area contributed by atoms with Gasteiger partial charge < -0.3 is 27.4 Å². The minimum atomic E-state index is -0.663. The summed E-state index contributed by atoms with van der Waals surface area (Å²) in [4.78, 5) is 12.1. The third-order valence-electron chi connectivity index (χ3n) is 6.60. The lowest BCUT2D eigenvalue weighted by atomic mass is 10.0. The Hall–Kier alpha value is -1.72. The van der Waals surface area contributed by atoms with Crippen LogP contribution in [0, 0.1) is 0 Å². The van der Waals surface area contributed by atoms with Gasteiger partial charge in [-0.2, -0.15) is 0 Å². The number of aliphatic hydroxyl groups is 1. The number of aromatic nitrogens is 1. The van der Waals surface area contributed by atoms with Crippen LogP contribution in [-0.4, -0.2) is 17.1 Å². The van der Waals surface area contributed by atoms with Crippen molar-refractivity contribution < 1.29 is 31.4 Å². The maximum Gasteiger partial charge on any atom is 0.220 e. The average molecular weight is 548 g/mol. The molecule has 0 saturated carbocycles. The highest BCUT2D eigenvalue weighted by Gasteiger charge is 2.17. The zero-order valence-electron chi connectivity index (χ0n) is 21.7. The zero-order valence-corrected chi connectivity index (χ0v) is 23.3. The normalized spacial score (nSPS) is 12.5. The molecular weight excluding hydrogens is 500 g/mol. The van der Waals surface area contributed by atoms with Gasteiger partial charge in [0, 0.05) is 25.0 Å². The topological polar surface area (TPSA) is 53.2 Å². The fourth-order valence-electron chi connectivity index (χ4n) is 4.45. The van der Waals surface area contributed by atoms with Gasteiger partial charge in [0.05, 0.1) is 12.1 Å². The van der Waals surface area contributed by atoms with Crippen LogP contribution in [0.2, 0.25) is 0 Å². The number of unbranched alkanes of at least 4 members (excludes halogenated alkanes) is 12. The summed E-state index contributed by atoms with van der Waals surface area (Å²) >= 11 is 0. The molecule has 1 heterocycles. The molecule has 0 unspecified atom stereocenters. The van der Waals surface area contributed by atoms with Crippen molar-refractivity contribution in [2.24, 2.45) is 0 Å². The van der Waals surface area contributed by atoms with E-state index in [-0.39, 0.29) is 28.9 Å². The Morgan fingerprint density at radius 1 is 0.743 bits per heavy atom. The molecule has 0 radical (unpaired) electrons. The first-order chi connectivity index (χ1) is 16.7. The number of halogens is 1. The number of pyridine rings is 1. The van der Waals surface area contributed by atoms with E-state index >= 15 is 0 Å². The number of carbonyl (C=O) groups excluding carboxylic acids is 1. The molecule has 0 fully saturated rings. The number of nitrogens with zero attached hydrogens (tertiary/aromatic N) is 1. The lowest BCUT2D eigenvalue weighted by Crippen LogP contribution is -3.00. The number of amides is 1. The van der Waals surface area contributed by atoms with E-state index < -0.39 is 6.10 Å². The SMILES string of the molecule is C[C@@H](NC(=O)CCCCCCCCCCCCCCC[n+]1ccccc1)[C@@H](O)c1ccccc1.[Br-]. The van der Waals surface area contributed by atoms with Crippen molar-refractivity contribution in [3.8, 4) is 0 Å². The monoisotopic (exact) mass is 546 g/mol. The van der Waals surface area contributed by atoms with Gasteiger partial charge in [0.2, 0.25) is 5.91 Å². The molecule has 1 aromatic carbocycles. The molecule has 0 saturated heterocycles. The van der Waals surface area contributed by atoms with E-state index in [0.717, 1.165) is 24.9 Å². The van der Waals surface area contributed by atoms with Gasteiger partial charge in [-0.1, -0.05) is 101 Å². The van der Waals surface area contributed by atoms with E-state index in [1.54, 1.807) is 0 Å². The van der Waals surface area contributed by atoms with Gasteiger partial charge in [0.1, 0.15) is 6.54 Å². The summed E-state index contributed by atoms with van der Waals surface area (Å²) in [6.45, 7) is 3.00. The van der Waals surface area contributed by atoms with Gasteiger partial charge in [-0.05, 0) is 25.3 Å². The molecular formula is C30H47BrN2O2. The quantitative estimate of drug-likeness (QED) is 0.208. The Labute approximate surface area is 224 Å². The predicted molar refractivity (Wildman–Crippen MR) is 140 cm³/mol. The van der Waals surface area contributed by atoms with Gasteiger partial charge in [0.15, 0.2) is 12.4 Å². The first kappa shape index (κ1) is 31.3. The van der Waals surface area contributed by atoms with Crippen molar-refractivity contribution >= 4 is 5.91 Å². The molecule has 2 aromatic rings. The Kier molecular flexibility index (Phi) is 18.3. The molecule has 0 aliphatic carbocycles. The second-order valence-electron chi connectivity index (χ2n) is 9.67. The maximum absolute atomic E-state index is 12.1. The number of rotatable bonds is 19. The zero-order chi connectivity index (χ0) is 24.3. The van der Waals surface area contributed by atoms with Gasteiger partial charge in [-0.15, -0.1) is 0 Å². The van der Waals surface area contributed by atoms with E-state index in [4.69, 9.17) is 0 Å². The van der Waals surface area contributed by atoms with Gasteiger partial charge >= 0.3 is 0 Å². The van der Waals surface area contributed by atoms with Gasteiger partial charge in [-0.25, -0.2) is 4.57 Å². The standard InChI is InChI=1S/C30H46N2O2.BrH/c1-27(30(34)28-21-15-13-16-22-28)31-29(33)23-17-11-9-7-5-3-2-4-6-8-10-12-18-24-32-25-19-14-20-26-32;/h13-16,19-22,25-27,30,34H,2-12,17-18,23-24H2,1H3;1H/t27-,30-;/m1./s1. The summed E-state index contributed by atoms with van der Waals surface area (Å²) in [7, 11) is 0. The second-order valence-corrected chi connectivity index (χ2v) is 9.67. The molecule has 2 atom stereocenters. The van der Waals surface area contributed by atoms with Crippen molar-refractivity contribution in [2.75, 3.05) is 0 Å². The highest BCUT2D eigenvalue weighted by Crippen LogP contribution is 2.17. The van der Waals surface area contributed by atoms with E-state index in [1.807, 2.05) is 37.3 Å². The lowest BCUT2D eigenvalue weighted by Gasteiger charge is -2.20. The van der Waals surface area contributed by atoms with E-state index in [1.165, 1.54) is 70.6 Å². The van der Waals surface area contributed by atoms with Crippen molar-refractivity contribution in [3.05, 3.63) is 66.5 Å². The van der Waals surface area contributed by atoms with Gasteiger partial charge in [-0.3, -0.25) is 4.79 Å². The summed E-state index contributed by atoms with van der Waals surface area (Å²) in [5, 5.41) is 13.3. The van der Waals surface area contributed by atoms with Crippen LogP contribution in [0.15, 0.2) is 60.9 Å². The number of carbonyl (C=O) groups is 1. The molecule has 0 bridgehead atoms. The molecule has 1 amide bonds. The van der Waals surface area contributed by atoms with E-state index in [0.29, 0.717) is 6.42 Å². The first-order valence-electron chi connectivity index (χ1n) is 13.6. The Morgan fingerprint density at radius 2 is 1.20 bits per heavy atom. The molecule has 0 spiro atoms. The van der Waals surface area contributed by atoms with Crippen molar-refractivity contribution in [2.45, 2.75) is 116 Å². The molecule has 2 N–H and O–H groups in total. The molecule has 5 heteroatoms. The number of hydrogen-bond acceptors (Lipinski definition) is 2. The van der Waals surface area contributed by atoms with Crippen LogP contribution in [0.5, 0.6) is 0 Å². The molecule has 0 aliphatic rings. The van der Waals surface area contributed by atoms with Crippen molar-refractivity contribution in [1.82, 2.24) is 5.32 Å². The molecule has 196 valence electrons. The average Bonchev–Trinajstić information content (AvgIpc) is 2.87. The minimum absolute atomic E-state index is 0. The Balaban J connectivity index is 0.00000612. The molecule has 4 nitrogen and oxygen atoms in total. The second kappa shape index (κ2) is 20.5. The molecule has 2 rings (SSSR count). The summed E-state index contributed by atoms with van der Waals surface area (Å²) in [6, 6.07) is 15.5. The fourth-order valence-corrected chi connectivity index (χ4v) is 4.45. The number of aryl methyl sites for hydroxylation is 1. The summed E-state index contributed by atoms with van der Waals surface area (Å²) in [6.07, 6.45) is 20.9. The Morgan fingerprint density at radius 3 is 1.74 bits per heavy atom. The third-order valence-corrected chi connectivity index (χ3v) is 6.60. The number of hydrogen-bond donors (Lipinski definition) is 2. The summed E-state index contributed by atoms with van der Waals surface area (Å²) in [5.41, 5.74) is 0.841. The van der Waals surface area contributed by atoms with E-state index in [9.17, 15) is 9.90 Å². The van der Waals surface area contributed by atoms with Crippen molar-refractivity contribution in [1.29, 1.82) is 0 Å². The molecule has 35 heavy (non-hydrogen) atoms. The summed E-state index contributed by atoms with van der Waals surface area (Å²) < 4.78 is 2.27. The Bertz CT molecular complexity index is 757. The maximum atomic E-state index is 12.1. The first-order valence-corrected chi connectivity index (χ1v) is 13.6. The van der Waals surface area contributed by atoms with Crippen LogP contribution in [0.3, 0.4) is 0 Å². The molecule has 1 aromatic heterocycles. The van der Waals surface area contributed by atoms with E-state index in [2.05, 4.69) is 40.5 Å². The smallest absolute Gasteiger partial charge is 0.220 e. The number of nitrogens with one attached hydrogen (secondary N) is 1. The lowest BCUT2D eigenvalue weighted by molar-refractivity contribution is -0.697. The van der Waals surface area contributed by atoms with Gasteiger partial charge in [0.25, 0.3) is 0 Å². The van der Waals surface area contributed by atoms with Crippen molar-refractivity contribution in [3.63, 3.8) is 0 Å². The van der Waals surface area contributed by atoms with Crippen LogP contribution in [0.4, 0.5) is 0 Å². The van der Waals surface area contributed by atoms with Crippen LogP contribution < -0.4 is 26.9 Å². The van der Waals surface area contributed by atoms with Crippen LogP contribution >= 0.6 is 0 Å². The van der Waals surface area contributed by atoms with Crippen LogP contribution in [-0.2, 0) is 11.3 Å². The highest BCUT2D eigenvalue weighted by molar-refractivity contribution is 5.76. The van der Waals surface area contributed by atoms with Crippen LogP contribution in [0.25, 0.3) is 0 Å². The molecule has 0 aliphatic heterocycles. The van der Waals surface area contributed by atoms with Crippen LogP contribution in [0.1, 0.15) is 108 Å². The fraction of sp³-hybridized carbons (Fsp3) is 0.600. The third kappa shape index (κ3) is 15.1.